The first-order chi connectivity index (χ1) is 21.9. The second kappa shape index (κ2) is 11.8. The lowest BCUT2D eigenvalue weighted by Crippen LogP contribution is -2.20. The minimum Gasteiger partial charge on any atom is -0.322 e. The molecular formula is C37H33N5O2S. The molecule has 1 aliphatic rings. The van der Waals surface area contributed by atoms with Crippen LogP contribution in [0.2, 0.25) is 0 Å². The quantitative estimate of drug-likeness (QED) is 0.195. The van der Waals surface area contributed by atoms with Gasteiger partial charge in [0.25, 0.3) is 11.5 Å². The van der Waals surface area contributed by atoms with Gasteiger partial charge < -0.3 is 9.88 Å². The SMILES string of the molecule is Cc1ccc(NC(=O)c2c(-n3c(C)cc(C=Nn4c(-c5ccccc5)nc5ccccc5c4=O)c3C)sc3c2CCCC3)cc1. The maximum atomic E-state index is 13.9. The summed E-state index contributed by atoms with van der Waals surface area (Å²) < 4.78 is 3.54. The van der Waals surface area contributed by atoms with E-state index in [1.54, 1.807) is 23.6 Å². The highest BCUT2D eigenvalue weighted by atomic mass is 32.1. The van der Waals surface area contributed by atoms with E-state index in [2.05, 4.69) is 16.0 Å². The number of thiophene rings is 1. The summed E-state index contributed by atoms with van der Waals surface area (Å²) in [4.78, 5) is 33.7. The molecule has 6 aromatic rings. The van der Waals surface area contributed by atoms with Gasteiger partial charge in [-0.2, -0.15) is 9.78 Å². The fourth-order valence-corrected chi connectivity index (χ4v) is 7.63. The van der Waals surface area contributed by atoms with Gasteiger partial charge in [0.15, 0.2) is 5.82 Å². The summed E-state index contributed by atoms with van der Waals surface area (Å²) in [6, 6.07) is 26.9. The summed E-state index contributed by atoms with van der Waals surface area (Å²) in [6.45, 7) is 6.12. The van der Waals surface area contributed by atoms with Crippen LogP contribution in [0.3, 0.4) is 0 Å². The topological polar surface area (TPSA) is 81.3 Å². The van der Waals surface area contributed by atoms with E-state index in [1.807, 2.05) is 93.6 Å². The Hall–Kier alpha value is -5.08. The first-order valence-electron chi connectivity index (χ1n) is 15.2. The molecule has 224 valence electrons. The number of carbonyl (C=O) groups excluding carboxylic acids is 1. The highest BCUT2D eigenvalue weighted by molar-refractivity contribution is 7.15. The molecule has 0 aliphatic heterocycles. The van der Waals surface area contributed by atoms with Gasteiger partial charge in [-0.3, -0.25) is 9.59 Å². The van der Waals surface area contributed by atoms with Crippen LogP contribution >= 0.6 is 11.3 Å². The van der Waals surface area contributed by atoms with Crippen molar-refractivity contribution in [3.63, 3.8) is 0 Å². The predicted molar refractivity (Wildman–Crippen MR) is 183 cm³/mol. The van der Waals surface area contributed by atoms with E-state index >= 15 is 0 Å². The molecule has 3 aromatic heterocycles. The van der Waals surface area contributed by atoms with Crippen LogP contribution in [0.1, 0.15) is 56.2 Å². The van der Waals surface area contributed by atoms with E-state index < -0.39 is 0 Å². The molecule has 0 radical (unpaired) electrons. The molecule has 7 nitrogen and oxygen atoms in total. The Labute approximate surface area is 265 Å². The molecule has 1 N–H and O–H groups in total. The van der Waals surface area contributed by atoms with Crippen LogP contribution in [-0.4, -0.2) is 26.3 Å². The van der Waals surface area contributed by atoms with Crippen molar-refractivity contribution >= 4 is 40.0 Å². The number of nitrogens with zero attached hydrogens (tertiary/aromatic N) is 4. The van der Waals surface area contributed by atoms with Crippen molar-refractivity contribution < 1.29 is 4.79 Å². The Morgan fingerprint density at radius 2 is 1.67 bits per heavy atom. The molecule has 3 heterocycles. The maximum Gasteiger partial charge on any atom is 0.282 e. The van der Waals surface area contributed by atoms with Gasteiger partial charge in [-0.25, -0.2) is 4.98 Å². The van der Waals surface area contributed by atoms with Gasteiger partial charge in [-0.05, 0) is 82.3 Å². The number of aromatic nitrogens is 3. The van der Waals surface area contributed by atoms with Gasteiger partial charge >= 0.3 is 0 Å². The third kappa shape index (κ3) is 5.31. The van der Waals surface area contributed by atoms with Gasteiger partial charge in [0.05, 0.1) is 22.7 Å². The molecule has 0 spiro atoms. The van der Waals surface area contributed by atoms with E-state index in [-0.39, 0.29) is 11.5 Å². The summed E-state index contributed by atoms with van der Waals surface area (Å²) in [5, 5.41) is 9.31. The predicted octanol–water partition coefficient (Wildman–Crippen LogP) is 7.85. The van der Waals surface area contributed by atoms with Gasteiger partial charge in [0, 0.05) is 33.1 Å². The molecule has 8 heteroatoms. The minimum absolute atomic E-state index is 0.0859. The number of benzene rings is 3. The summed E-state index contributed by atoms with van der Waals surface area (Å²) >= 11 is 1.71. The number of carbonyl (C=O) groups is 1. The average molecular weight is 612 g/mol. The third-order valence-corrected chi connectivity index (χ3v) is 9.74. The molecule has 0 atom stereocenters. The van der Waals surface area contributed by atoms with Crippen molar-refractivity contribution in [2.24, 2.45) is 5.10 Å². The normalized spacial score (nSPS) is 13.0. The number of nitrogens with one attached hydrogen (secondary N) is 1. The van der Waals surface area contributed by atoms with E-state index in [0.29, 0.717) is 16.7 Å². The van der Waals surface area contributed by atoms with Crippen LogP contribution in [0.4, 0.5) is 5.69 Å². The molecule has 0 unspecified atom stereocenters. The molecular weight excluding hydrogens is 579 g/mol. The van der Waals surface area contributed by atoms with Crippen LogP contribution in [0.15, 0.2) is 94.8 Å². The van der Waals surface area contributed by atoms with Gasteiger partial charge in [-0.15, -0.1) is 11.3 Å². The Morgan fingerprint density at radius 3 is 2.47 bits per heavy atom. The third-order valence-electron chi connectivity index (χ3n) is 8.46. The number of rotatable bonds is 6. The molecule has 7 rings (SSSR count). The molecule has 1 aliphatic carbocycles. The van der Waals surface area contributed by atoms with Crippen molar-refractivity contribution in [2.45, 2.75) is 46.5 Å². The number of fused-ring (bicyclic) bond motifs is 2. The van der Waals surface area contributed by atoms with Crippen molar-refractivity contribution in [2.75, 3.05) is 5.32 Å². The molecule has 0 saturated heterocycles. The maximum absolute atomic E-state index is 13.9. The Bertz CT molecular complexity index is 2150. The second-order valence-electron chi connectivity index (χ2n) is 11.6. The monoisotopic (exact) mass is 611 g/mol. The number of hydrogen-bond donors (Lipinski definition) is 1. The van der Waals surface area contributed by atoms with E-state index in [1.165, 1.54) is 9.55 Å². The fourth-order valence-electron chi connectivity index (χ4n) is 6.13. The molecule has 1 amide bonds. The first kappa shape index (κ1) is 28.7. The van der Waals surface area contributed by atoms with Gasteiger partial charge in [0.2, 0.25) is 0 Å². The zero-order valence-electron chi connectivity index (χ0n) is 25.5. The number of amides is 1. The lowest BCUT2D eigenvalue weighted by Gasteiger charge is -2.14. The van der Waals surface area contributed by atoms with Crippen LogP contribution in [0, 0.1) is 20.8 Å². The Morgan fingerprint density at radius 1 is 0.933 bits per heavy atom. The Kier molecular flexibility index (Phi) is 7.51. The zero-order chi connectivity index (χ0) is 31.1. The van der Waals surface area contributed by atoms with Crippen molar-refractivity contribution in [3.05, 3.63) is 134 Å². The lowest BCUT2D eigenvalue weighted by atomic mass is 9.95. The zero-order valence-corrected chi connectivity index (χ0v) is 26.3. The number of anilines is 1. The lowest BCUT2D eigenvalue weighted by molar-refractivity contribution is 0.102. The summed E-state index contributed by atoms with van der Waals surface area (Å²) in [7, 11) is 0. The molecule has 0 saturated carbocycles. The van der Waals surface area contributed by atoms with Crippen LogP contribution in [0.25, 0.3) is 27.3 Å². The number of para-hydroxylation sites is 1. The summed E-state index contributed by atoms with van der Waals surface area (Å²) in [6.07, 6.45) is 5.82. The van der Waals surface area contributed by atoms with E-state index in [9.17, 15) is 9.59 Å². The molecule has 45 heavy (non-hydrogen) atoms. The summed E-state index contributed by atoms with van der Waals surface area (Å²) in [5.74, 6) is 0.391. The first-order valence-corrected chi connectivity index (χ1v) is 16.0. The van der Waals surface area contributed by atoms with Crippen molar-refractivity contribution in [3.8, 4) is 16.4 Å². The molecule has 0 bridgehead atoms. The highest BCUT2D eigenvalue weighted by Gasteiger charge is 2.28. The smallest absolute Gasteiger partial charge is 0.282 e. The van der Waals surface area contributed by atoms with Crippen LogP contribution in [-0.2, 0) is 12.8 Å². The molecule has 0 fully saturated rings. The highest BCUT2D eigenvalue weighted by Crippen LogP contribution is 2.39. The Balaban J connectivity index is 1.32. The van der Waals surface area contributed by atoms with Gasteiger partial charge in [0.1, 0.15) is 5.00 Å². The van der Waals surface area contributed by atoms with Crippen molar-refractivity contribution in [1.82, 2.24) is 14.2 Å². The fraction of sp³-hybridized carbons (Fsp3) is 0.189. The largest absolute Gasteiger partial charge is 0.322 e. The van der Waals surface area contributed by atoms with Crippen LogP contribution < -0.4 is 10.9 Å². The summed E-state index contributed by atoms with van der Waals surface area (Å²) in [5.41, 5.74) is 7.84. The van der Waals surface area contributed by atoms with E-state index in [4.69, 9.17) is 10.1 Å². The number of aryl methyl sites for hydroxylation is 3. The van der Waals surface area contributed by atoms with E-state index in [0.717, 1.165) is 75.6 Å². The standard InChI is InChI=1S/C37H33N5O2S/c1-23-17-19-28(20-18-23)39-35(43)33-30-14-8-10-16-32(30)45-37(33)41-24(2)21-27(25(41)3)22-38-42-34(26-11-5-4-6-12-26)40-31-15-9-7-13-29(31)36(42)44/h4-7,9,11-13,15,17-22H,8,10,14,16H2,1-3H3,(H,39,43). The molecule has 3 aromatic carbocycles. The minimum atomic E-state index is -0.231. The van der Waals surface area contributed by atoms with Crippen LogP contribution in [0.5, 0.6) is 0 Å². The van der Waals surface area contributed by atoms with Gasteiger partial charge in [-0.1, -0.05) is 60.2 Å². The average Bonchev–Trinajstić information content (AvgIpc) is 3.57. The number of hydrogen-bond acceptors (Lipinski definition) is 5. The van der Waals surface area contributed by atoms with Crippen molar-refractivity contribution in [1.29, 1.82) is 0 Å². The second-order valence-corrected chi connectivity index (χ2v) is 12.6.